The molecule has 4 heteroatoms. The molecular weight excluding hydrogens is 319 g/mol. The number of fused-ring (bicyclic) bond motifs is 1. The lowest BCUT2D eigenvalue weighted by atomic mass is 9.96. The van der Waals surface area contributed by atoms with Gasteiger partial charge in [0.05, 0.1) is 16.0 Å². The fourth-order valence-electron chi connectivity index (χ4n) is 2.32. The number of para-hydroxylation sites is 1. The van der Waals surface area contributed by atoms with Crippen LogP contribution in [0.2, 0.25) is 0 Å². The summed E-state index contributed by atoms with van der Waals surface area (Å²) in [5.41, 5.74) is 8.46. The lowest BCUT2D eigenvalue weighted by molar-refractivity contribution is 0.594. The predicted molar refractivity (Wildman–Crippen MR) is 81.9 cm³/mol. The van der Waals surface area contributed by atoms with E-state index in [0.717, 1.165) is 16.5 Å². The van der Waals surface area contributed by atoms with Gasteiger partial charge in [-0.3, -0.25) is 4.98 Å². The zero-order valence-corrected chi connectivity index (χ0v) is 12.1. The van der Waals surface area contributed by atoms with Gasteiger partial charge in [0.2, 0.25) is 0 Å². The van der Waals surface area contributed by atoms with Crippen molar-refractivity contribution in [2.75, 3.05) is 0 Å². The van der Waals surface area contributed by atoms with Crippen molar-refractivity contribution in [3.8, 4) is 0 Å². The third-order valence-electron chi connectivity index (χ3n) is 3.33. The fourth-order valence-corrected chi connectivity index (χ4v) is 2.70. The number of halogens is 2. The molecule has 0 aliphatic carbocycles. The second kappa shape index (κ2) is 5.31. The van der Waals surface area contributed by atoms with Crippen molar-refractivity contribution in [3.05, 3.63) is 76.1 Å². The summed E-state index contributed by atoms with van der Waals surface area (Å²) in [6.45, 7) is 0. The molecule has 1 heterocycles. The third kappa shape index (κ3) is 2.21. The van der Waals surface area contributed by atoms with Gasteiger partial charge in [0.25, 0.3) is 0 Å². The van der Waals surface area contributed by atoms with Crippen LogP contribution in [0.15, 0.2) is 59.2 Å². The summed E-state index contributed by atoms with van der Waals surface area (Å²) in [6, 6.07) is 14.2. The molecule has 2 N–H and O–H groups in total. The number of hydrogen-bond acceptors (Lipinski definition) is 2. The van der Waals surface area contributed by atoms with Gasteiger partial charge in [0, 0.05) is 17.1 Å². The topological polar surface area (TPSA) is 38.9 Å². The van der Waals surface area contributed by atoms with Crippen molar-refractivity contribution in [1.29, 1.82) is 0 Å². The fraction of sp³-hybridized carbons (Fsp3) is 0.0625. The molecule has 2 aromatic carbocycles. The Bertz CT molecular complexity index is 768. The van der Waals surface area contributed by atoms with Crippen LogP contribution >= 0.6 is 15.9 Å². The molecular formula is C16H12BrFN2. The maximum atomic E-state index is 14.2. The van der Waals surface area contributed by atoms with Gasteiger partial charge < -0.3 is 5.73 Å². The van der Waals surface area contributed by atoms with E-state index in [1.165, 1.54) is 0 Å². The highest BCUT2D eigenvalue weighted by molar-refractivity contribution is 9.10. The predicted octanol–water partition coefficient (Wildman–Crippen LogP) is 4.18. The number of benzene rings is 2. The van der Waals surface area contributed by atoms with Crippen LogP contribution in [0, 0.1) is 5.82 Å². The monoisotopic (exact) mass is 330 g/mol. The van der Waals surface area contributed by atoms with E-state index in [9.17, 15) is 4.39 Å². The first-order chi connectivity index (χ1) is 9.68. The second-order valence-electron chi connectivity index (χ2n) is 4.54. The Kier molecular flexibility index (Phi) is 3.51. The first kappa shape index (κ1) is 13.2. The molecule has 100 valence electrons. The van der Waals surface area contributed by atoms with Crippen molar-refractivity contribution < 1.29 is 4.39 Å². The number of nitrogens with zero attached hydrogens (tertiary/aromatic N) is 1. The SMILES string of the molecule is NC(c1cccc(Br)c1F)c1ccnc2ccccc12. The van der Waals surface area contributed by atoms with Crippen LogP contribution in [0.5, 0.6) is 0 Å². The Morgan fingerprint density at radius 2 is 1.80 bits per heavy atom. The normalized spacial score (nSPS) is 12.6. The minimum Gasteiger partial charge on any atom is -0.320 e. The van der Waals surface area contributed by atoms with Gasteiger partial charge in [0.1, 0.15) is 5.82 Å². The van der Waals surface area contributed by atoms with E-state index in [1.807, 2.05) is 30.3 Å². The van der Waals surface area contributed by atoms with Crippen LogP contribution in [-0.4, -0.2) is 4.98 Å². The zero-order valence-electron chi connectivity index (χ0n) is 10.6. The highest BCUT2D eigenvalue weighted by Gasteiger charge is 2.17. The largest absolute Gasteiger partial charge is 0.320 e. The van der Waals surface area contributed by atoms with E-state index < -0.39 is 6.04 Å². The molecule has 0 fully saturated rings. The van der Waals surface area contributed by atoms with Crippen LogP contribution < -0.4 is 5.73 Å². The average Bonchev–Trinajstić information content (AvgIpc) is 2.49. The Morgan fingerprint density at radius 3 is 2.65 bits per heavy atom. The van der Waals surface area contributed by atoms with E-state index in [-0.39, 0.29) is 5.82 Å². The van der Waals surface area contributed by atoms with E-state index in [0.29, 0.717) is 10.0 Å². The molecule has 0 saturated carbocycles. The van der Waals surface area contributed by atoms with Crippen LogP contribution in [-0.2, 0) is 0 Å². The Balaban J connectivity index is 2.18. The van der Waals surface area contributed by atoms with Gasteiger partial charge in [-0.2, -0.15) is 0 Å². The smallest absolute Gasteiger partial charge is 0.142 e. The maximum absolute atomic E-state index is 14.2. The van der Waals surface area contributed by atoms with Gasteiger partial charge in [0.15, 0.2) is 0 Å². The Morgan fingerprint density at radius 1 is 1.00 bits per heavy atom. The van der Waals surface area contributed by atoms with Crippen molar-refractivity contribution >= 4 is 26.8 Å². The zero-order chi connectivity index (χ0) is 14.1. The maximum Gasteiger partial charge on any atom is 0.142 e. The molecule has 2 nitrogen and oxygen atoms in total. The van der Waals surface area contributed by atoms with Crippen molar-refractivity contribution in [1.82, 2.24) is 4.98 Å². The molecule has 0 radical (unpaired) electrons. The minimum atomic E-state index is -0.527. The quantitative estimate of drug-likeness (QED) is 0.765. The first-order valence-corrected chi connectivity index (χ1v) is 7.01. The second-order valence-corrected chi connectivity index (χ2v) is 5.39. The van der Waals surface area contributed by atoms with E-state index in [2.05, 4.69) is 20.9 Å². The van der Waals surface area contributed by atoms with Crippen molar-refractivity contribution in [2.24, 2.45) is 5.73 Å². The standard InChI is InChI=1S/C16H12BrFN2/c17-13-6-3-5-12(15(13)18)16(19)11-8-9-20-14-7-2-1-4-10(11)14/h1-9,16H,19H2. The lowest BCUT2D eigenvalue weighted by Gasteiger charge is -2.16. The first-order valence-electron chi connectivity index (χ1n) is 6.21. The van der Waals surface area contributed by atoms with Crippen LogP contribution in [0.25, 0.3) is 10.9 Å². The molecule has 1 atom stereocenters. The summed E-state index contributed by atoms with van der Waals surface area (Å²) in [6.07, 6.45) is 1.70. The summed E-state index contributed by atoms with van der Waals surface area (Å²) >= 11 is 3.19. The van der Waals surface area contributed by atoms with Crippen LogP contribution in [0.3, 0.4) is 0 Å². The summed E-state index contributed by atoms with van der Waals surface area (Å²) < 4.78 is 14.6. The summed E-state index contributed by atoms with van der Waals surface area (Å²) in [4.78, 5) is 4.30. The molecule has 0 bridgehead atoms. The van der Waals surface area contributed by atoms with Crippen molar-refractivity contribution in [2.45, 2.75) is 6.04 Å². The molecule has 3 aromatic rings. The molecule has 0 aliphatic rings. The van der Waals surface area contributed by atoms with Gasteiger partial charge in [-0.25, -0.2) is 4.39 Å². The number of pyridine rings is 1. The number of hydrogen-bond donors (Lipinski definition) is 1. The molecule has 0 saturated heterocycles. The Hall–Kier alpha value is -1.78. The van der Waals surface area contributed by atoms with Gasteiger partial charge >= 0.3 is 0 Å². The van der Waals surface area contributed by atoms with Crippen molar-refractivity contribution in [3.63, 3.8) is 0 Å². The van der Waals surface area contributed by atoms with Gasteiger partial charge in [-0.05, 0) is 39.7 Å². The number of rotatable bonds is 2. The summed E-state index contributed by atoms with van der Waals surface area (Å²) in [7, 11) is 0. The molecule has 3 rings (SSSR count). The van der Waals surface area contributed by atoms with E-state index in [1.54, 1.807) is 24.4 Å². The lowest BCUT2D eigenvalue weighted by Crippen LogP contribution is -2.14. The van der Waals surface area contributed by atoms with Gasteiger partial charge in [-0.15, -0.1) is 0 Å². The molecule has 1 unspecified atom stereocenters. The molecule has 1 aromatic heterocycles. The van der Waals surface area contributed by atoms with E-state index >= 15 is 0 Å². The van der Waals surface area contributed by atoms with Crippen LogP contribution in [0.1, 0.15) is 17.2 Å². The van der Waals surface area contributed by atoms with Crippen LogP contribution in [0.4, 0.5) is 4.39 Å². The Labute approximate surface area is 124 Å². The van der Waals surface area contributed by atoms with E-state index in [4.69, 9.17) is 5.73 Å². The molecule has 0 aliphatic heterocycles. The summed E-state index contributed by atoms with van der Waals surface area (Å²) in [5, 5.41) is 0.946. The molecule has 0 spiro atoms. The highest BCUT2D eigenvalue weighted by Crippen LogP contribution is 2.30. The summed E-state index contributed by atoms with van der Waals surface area (Å²) in [5.74, 6) is -0.319. The average molecular weight is 331 g/mol. The van der Waals surface area contributed by atoms with Gasteiger partial charge in [-0.1, -0.05) is 30.3 Å². The number of nitrogens with two attached hydrogens (primary N) is 1. The third-order valence-corrected chi connectivity index (χ3v) is 3.95. The molecule has 0 amide bonds. The highest BCUT2D eigenvalue weighted by atomic mass is 79.9. The molecule has 20 heavy (non-hydrogen) atoms. The minimum absolute atomic E-state index is 0.319. The number of aromatic nitrogens is 1.